The van der Waals surface area contributed by atoms with Gasteiger partial charge in [0.2, 0.25) is 0 Å². The minimum atomic E-state index is 0.504. The molecular formula is C21H28N2O. The molecule has 4 unspecified atom stereocenters. The molecule has 128 valence electrons. The zero-order chi connectivity index (χ0) is 16.7. The molecule has 3 aliphatic rings. The number of allylic oxidation sites excluding steroid dienone is 1. The zero-order valence-corrected chi connectivity index (χ0v) is 15.0. The molecule has 1 aromatic carbocycles. The Balaban J connectivity index is 1.64. The van der Waals surface area contributed by atoms with E-state index in [1.54, 1.807) is 7.11 Å². The van der Waals surface area contributed by atoms with Crippen molar-refractivity contribution in [2.24, 2.45) is 16.8 Å². The minimum absolute atomic E-state index is 0.504. The number of hydrogen-bond acceptors (Lipinski definition) is 3. The fourth-order valence-electron chi connectivity index (χ4n) is 5.10. The molecule has 0 saturated carbocycles. The van der Waals surface area contributed by atoms with E-state index < -0.39 is 0 Å². The molecule has 4 rings (SSSR count). The van der Waals surface area contributed by atoms with Crippen molar-refractivity contribution in [1.82, 2.24) is 4.90 Å². The standard InChI is InChI=1S/C21H28N2O/c1-4-15-12-23-10-9-17-16-7-5-6-8-19(16)22-21(17)20(23)11-18(15)14(2)13-24-3/h5-8,13,15,17-18,20H,4,9-12H2,1-3H3/b14-13-. The number of rotatable bonds is 3. The van der Waals surface area contributed by atoms with Crippen LogP contribution in [0.1, 0.15) is 44.6 Å². The van der Waals surface area contributed by atoms with Crippen LogP contribution < -0.4 is 0 Å². The molecule has 2 fully saturated rings. The molecule has 4 atom stereocenters. The highest BCUT2D eigenvalue weighted by molar-refractivity contribution is 6.02. The van der Waals surface area contributed by atoms with E-state index in [4.69, 9.17) is 9.73 Å². The summed E-state index contributed by atoms with van der Waals surface area (Å²) in [6.45, 7) is 6.97. The lowest BCUT2D eigenvalue weighted by Gasteiger charge is -2.48. The van der Waals surface area contributed by atoms with Crippen molar-refractivity contribution >= 4 is 11.4 Å². The smallest absolute Gasteiger partial charge is 0.0816 e. The lowest BCUT2D eigenvalue weighted by molar-refractivity contribution is 0.0912. The summed E-state index contributed by atoms with van der Waals surface area (Å²) in [5.74, 6) is 1.89. The summed E-state index contributed by atoms with van der Waals surface area (Å²) in [5.41, 5.74) is 5.47. The molecule has 0 bridgehead atoms. The van der Waals surface area contributed by atoms with Crippen LogP contribution >= 0.6 is 0 Å². The van der Waals surface area contributed by atoms with Crippen LogP contribution in [-0.2, 0) is 4.74 Å². The third-order valence-corrected chi connectivity index (χ3v) is 6.33. The first kappa shape index (κ1) is 15.9. The van der Waals surface area contributed by atoms with Gasteiger partial charge >= 0.3 is 0 Å². The van der Waals surface area contributed by atoms with Crippen LogP contribution in [0.4, 0.5) is 5.69 Å². The average Bonchev–Trinajstić information content (AvgIpc) is 2.99. The Morgan fingerprint density at radius 2 is 2.21 bits per heavy atom. The van der Waals surface area contributed by atoms with E-state index in [2.05, 4.69) is 43.0 Å². The van der Waals surface area contributed by atoms with Crippen LogP contribution in [0, 0.1) is 11.8 Å². The van der Waals surface area contributed by atoms with Gasteiger partial charge in [0.05, 0.1) is 19.1 Å². The molecule has 3 nitrogen and oxygen atoms in total. The van der Waals surface area contributed by atoms with E-state index in [9.17, 15) is 0 Å². The summed E-state index contributed by atoms with van der Waals surface area (Å²) < 4.78 is 5.32. The van der Waals surface area contributed by atoms with Gasteiger partial charge in [-0.1, -0.05) is 31.5 Å². The Labute approximate surface area is 145 Å². The summed E-state index contributed by atoms with van der Waals surface area (Å²) in [6, 6.07) is 9.23. The van der Waals surface area contributed by atoms with Gasteiger partial charge < -0.3 is 4.74 Å². The highest BCUT2D eigenvalue weighted by Crippen LogP contribution is 2.46. The lowest BCUT2D eigenvalue weighted by atomic mass is 9.72. The zero-order valence-electron chi connectivity index (χ0n) is 15.0. The number of fused-ring (bicyclic) bond motifs is 5. The van der Waals surface area contributed by atoms with Gasteiger partial charge in [-0.05, 0) is 55.3 Å². The van der Waals surface area contributed by atoms with Gasteiger partial charge in [-0.25, -0.2) is 0 Å². The largest absolute Gasteiger partial charge is 0.504 e. The van der Waals surface area contributed by atoms with Gasteiger partial charge in [0.25, 0.3) is 0 Å². The van der Waals surface area contributed by atoms with Gasteiger partial charge in [0, 0.05) is 24.2 Å². The van der Waals surface area contributed by atoms with Crippen LogP contribution in [0.15, 0.2) is 41.1 Å². The number of ether oxygens (including phenoxy) is 1. The van der Waals surface area contributed by atoms with Crippen molar-refractivity contribution in [1.29, 1.82) is 0 Å². The SMILES string of the molecule is CCC1CN2CCC3C(=Nc4ccccc43)C2CC1/C(C)=C\OC. The van der Waals surface area contributed by atoms with Crippen LogP contribution in [-0.4, -0.2) is 36.9 Å². The van der Waals surface area contributed by atoms with E-state index in [0.717, 1.165) is 5.92 Å². The molecule has 24 heavy (non-hydrogen) atoms. The van der Waals surface area contributed by atoms with Crippen molar-refractivity contribution < 1.29 is 4.74 Å². The number of nitrogens with zero attached hydrogens (tertiary/aromatic N) is 2. The molecule has 3 heteroatoms. The predicted octanol–water partition coefficient (Wildman–Crippen LogP) is 4.53. The predicted molar refractivity (Wildman–Crippen MR) is 98.9 cm³/mol. The van der Waals surface area contributed by atoms with Gasteiger partial charge in [-0.15, -0.1) is 0 Å². The maximum absolute atomic E-state index is 5.32. The molecular weight excluding hydrogens is 296 g/mol. The monoisotopic (exact) mass is 324 g/mol. The second-order valence-corrected chi connectivity index (χ2v) is 7.56. The normalized spacial score (nSPS) is 32.6. The summed E-state index contributed by atoms with van der Waals surface area (Å²) in [5, 5.41) is 0. The number of piperidine rings is 2. The third kappa shape index (κ3) is 2.50. The van der Waals surface area contributed by atoms with Crippen molar-refractivity contribution in [3.63, 3.8) is 0 Å². The Bertz CT molecular complexity index is 678. The molecule has 0 radical (unpaired) electrons. The molecule has 3 aliphatic heterocycles. The summed E-state index contributed by atoms with van der Waals surface area (Å²) in [6.07, 6.45) is 5.60. The van der Waals surface area contributed by atoms with Gasteiger partial charge in [-0.2, -0.15) is 0 Å². The highest BCUT2D eigenvalue weighted by Gasteiger charge is 2.44. The first-order chi connectivity index (χ1) is 11.7. The highest BCUT2D eigenvalue weighted by atomic mass is 16.5. The first-order valence-corrected chi connectivity index (χ1v) is 9.33. The third-order valence-electron chi connectivity index (χ3n) is 6.33. The van der Waals surface area contributed by atoms with Crippen LogP contribution in [0.3, 0.4) is 0 Å². The van der Waals surface area contributed by atoms with E-state index in [1.165, 1.54) is 54.9 Å². The van der Waals surface area contributed by atoms with Crippen molar-refractivity contribution in [2.45, 2.75) is 45.1 Å². The Hall–Kier alpha value is -1.61. The van der Waals surface area contributed by atoms with Crippen LogP contribution in [0.5, 0.6) is 0 Å². The second-order valence-electron chi connectivity index (χ2n) is 7.56. The minimum Gasteiger partial charge on any atom is -0.504 e. The average molecular weight is 324 g/mol. The van der Waals surface area contributed by atoms with E-state index >= 15 is 0 Å². The fourth-order valence-corrected chi connectivity index (χ4v) is 5.10. The van der Waals surface area contributed by atoms with Gasteiger partial charge in [0.15, 0.2) is 0 Å². The summed E-state index contributed by atoms with van der Waals surface area (Å²) in [4.78, 5) is 7.77. The quantitative estimate of drug-likeness (QED) is 0.763. The Kier molecular flexibility index (Phi) is 4.21. The number of hydrogen-bond donors (Lipinski definition) is 0. The molecule has 0 amide bonds. The Morgan fingerprint density at radius 1 is 1.38 bits per heavy atom. The van der Waals surface area contributed by atoms with Crippen LogP contribution in [0.2, 0.25) is 0 Å². The molecule has 2 saturated heterocycles. The molecule has 0 spiro atoms. The molecule has 3 heterocycles. The number of methoxy groups -OCH3 is 1. The molecule has 1 aromatic rings. The topological polar surface area (TPSA) is 24.8 Å². The second kappa shape index (κ2) is 6.36. The molecule has 0 aliphatic carbocycles. The van der Waals surface area contributed by atoms with Crippen molar-refractivity contribution in [2.75, 3.05) is 20.2 Å². The lowest BCUT2D eigenvalue weighted by Crippen LogP contribution is -2.55. The number of aliphatic imine (C=N–C) groups is 1. The molecule has 0 aromatic heterocycles. The van der Waals surface area contributed by atoms with Crippen LogP contribution in [0.25, 0.3) is 0 Å². The van der Waals surface area contributed by atoms with E-state index in [-0.39, 0.29) is 0 Å². The maximum atomic E-state index is 5.32. The van der Waals surface area contributed by atoms with E-state index in [0.29, 0.717) is 17.9 Å². The number of benzene rings is 1. The van der Waals surface area contributed by atoms with Gasteiger partial charge in [0.1, 0.15) is 0 Å². The van der Waals surface area contributed by atoms with E-state index in [1.807, 2.05) is 6.26 Å². The summed E-state index contributed by atoms with van der Waals surface area (Å²) >= 11 is 0. The first-order valence-electron chi connectivity index (χ1n) is 9.33. The van der Waals surface area contributed by atoms with Gasteiger partial charge in [-0.3, -0.25) is 9.89 Å². The number of para-hydroxylation sites is 1. The molecule has 0 N–H and O–H groups in total. The fraction of sp³-hybridized carbons (Fsp3) is 0.571. The van der Waals surface area contributed by atoms with Crippen molar-refractivity contribution in [3.05, 3.63) is 41.7 Å². The Morgan fingerprint density at radius 3 is 3.00 bits per heavy atom. The van der Waals surface area contributed by atoms with Crippen molar-refractivity contribution in [3.8, 4) is 0 Å². The summed E-state index contributed by atoms with van der Waals surface area (Å²) in [7, 11) is 1.76. The maximum Gasteiger partial charge on any atom is 0.0816 e.